The highest BCUT2D eigenvalue weighted by Gasteiger charge is 2.18. The number of rotatable bonds is 13. The van der Waals surface area contributed by atoms with Gasteiger partial charge < -0.3 is 9.84 Å². The lowest BCUT2D eigenvalue weighted by Gasteiger charge is -2.11. The predicted molar refractivity (Wildman–Crippen MR) is 121 cm³/mol. The lowest BCUT2D eigenvalue weighted by molar-refractivity contribution is -0.115. The molecule has 1 aromatic rings. The van der Waals surface area contributed by atoms with E-state index in [2.05, 4.69) is 11.9 Å². The first-order chi connectivity index (χ1) is 14.6. The smallest absolute Gasteiger partial charge is 0.338 e. The molecule has 0 radical (unpaired) electrons. The van der Waals surface area contributed by atoms with Gasteiger partial charge >= 0.3 is 5.97 Å². The molecule has 1 aromatic carbocycles. The molecule has 1 N–H and O–H groups in total. The fraction of sp³-hybridized carbons (Fsp3) is 0.560. The predicted octanol–water partition coefficient (Wildman–Crippen LogP) is 6.64. The summed E-state index contributed by atoms with van der Waals surface area (Å²) in [7, 11) is 0. The van der Waals surface area contributed by atoms with Crippen molar-refractivity contribution < 1.29 is 19.4 Å². The third-order valence-electron chi connectivity index (χ3n) is 5.36. The minimum atomic E-state index is -0.326. The summed E-state index contributed by atoms with van der Waals surface area (Å²) in [4.78, 5) is 28.2. The normalized spacial score (nSPS) is 14.5. The fourth-order valence-electron chi connectivity index (χ4n) is 3.48. The number of unbranched alkanes of at least 4 members (excludes halogenated alkanes) is 8. The Morgan fingerprint density at radius 2 is 1.63 bits per heavy atom. The maximum Gasteiger partial charge on any atom is 0.338 e. The van der Waals surface area contributed by atoms with Gasteiger partial charge in [0.1, 0.15) is 5.76 Å². The fourth-order valence-corrected chi connectivity index (χ4v) is 3.48. The number of ketones is 1. The van der Waals surface area contributed by atoms with Crippen LogP contribution >= 0.6 is 0 Å². The molecule has 0 amide bonds. The van der Waals surface area contributed by atoms with E-state index in [-0.39, 0.29) is 23.1 Å². The first-order valence-corrected chi connectivity index (χ1v) is 11.4. The molecule has 0 saturated carbocycles. The van der Waals surface area contributed by atoms with Gasteiger partial charge in [0.25, 0.3) is 0 Å². The van der Waals surface area contributed by atoms with Crippen LogP contribution in [-0.4, -0.2) is 29.7 Å². The lowest BCUT2D eigenvalue weighted by Crippen LogP contribution is -2.12. The number of aliphatic hydroxyl groups excluding tert-OH is 1. The number of ether oxygens (including phenoxy) is 1. The maximum absolute atomic E-state index is 12.1. The second-order valence-corrected chi connectivity index (χ2v) is 7.91. The Morgan fingerprint density at radius 1 is 1.00 bits per heavy atom. The van der Waals surface area contributed by atoms with Crippen LogP contribution in [0.15, 0.2) is 40.6 Å². The van der Waals surface area contributed by atoms with Gasteiger partial charge in [0, 0.05) is 19.1 Å². The molecule has 0 aromatic heterocycles. The molecule has 1 aliphatic carbocycles. The molecule has 0 spiro atoms. The van der Waals surface area contributed by atoms with Crippen LogP contribution in [0.25, 0.3) is 0 Å². The van der Waals surface area contributed by atoms with Gasteiger partial charge in [-0.25, -0.2) is 4.79 Å². The first-order valence-electron chi connectivity index (χ1n) is 11.4. The molecule has 0 atom stereocenters. The van der Waals surface area contributed by atoms with Gasteiger partial charge in [-0.15, -0.1) is 0 Å². The molecule has 0 fully saturated rings. The Bertz CT molecular complexity index is 734. The van der Waals surface area contributed by atoms with E-state index in [9.17, 15) is 14.7 Å². The largest absolute Gasteiger partial charge is 0.512 e. The van der Waals surface area contributed by atoms with E-state index in [1.165, 1.54) is 51.2 Å². The minimum absolute atomic E-state index is 0.0841. The number of Topliss-reactive ketones (excluding diaryl/α,β-unsaturated/α-hetero) is 1. The molecular weight excluding hydrogens is 378 g/mol. The zero-order chi connectivity index (χ0) is 21.6. The number of carbonyl (C=O) groups is 2. The molecule has 5 heteroatoms. The van der Waals surface area contributed by atoms with E-state index in [0.29, 0.717) is 37.1 Å². The van der Waals surface area contributed by atoms with Crippen molar-refractivity contribution in [1.82, 2.24) is 0 Å². The van der Waals surface area contributed by atoms with Crippen molar-refractivity contribution in [2.24, 2.45) is 4.99 Å². The molecule has 0 heterocycles. The molecule has 0 unspecified atom stereocenters. The van der Waals surface area contributed by atoms with Crippen molar-refractivity contribution in [2.75, 3.05) is 6.61 Å². The molecule has 0 bridgehead atoms. The van der Waals surface area contributed by atoms with Crippen LogP contribution in [0.2, 0.25) is 0 Å². The first kappa shape index (κ1) is 23.8. The zero-order valence-corrected chi connectivity index (χ0v) is 18.2. The average molecular weight is 414 g/mol. The van der Waals surface area contributed by atoms with E-state index < -0.39 is 0 Å². The van der Waals surface area contributed by atoms with E-state index in [1.54, 1.807) is 24.3 Å². The molecule has 164 valence electrons. The topological polar surface area (TPSA) is 76.0 Å². The van der Waals surface area contributed by atoms with Gasteiger partial charge in [-0.05, 0) is 37.1 Å². The van der Waals surface area contributed by atoms with Crippen molar-refractivity contribution in [2.45, 2.75) is 84.0 Å². The highest BCUT2D eigenvalue weighted by Crippen LogP contribution is 2.20. The van der Waals surface area contributed by atoms with Crippen LogP contribution in [0.3, 0.4) is 0 Å². The van der Waals surface area contributed by atoms with E-state index in [1.807, 2.05) is 0 Å². The van der Waals surface area contributed by atoms with Crippen molar-refractivity contribution in [1.29, 1.82) is 0 Å². The van der Waals surface area contributed by atoms with Crippen molar-refractivity contribution >= 4 is 23.7 Å². The van der Waals surface area contributed by atoms with Crippen LogP contribution in [0.5, 0.6) is 0 Å². The summed E-state index contributed by atoms with van der Waals surface area (Å²) >= 11 is 0. The van der Waals surface area contributed by atoms with Gasteiger partial charge in [0.2, 0.25) is 0 Å². The second kappa shape index (κ2) is 13.7. The molecule has 0 saturated heterocycles. The zero-order valence-electron chi connectivity index (χ0n) is 18.2. The number of hydrogen-bond acceptors (Lipinski definition) is 5. The molecule has 5 nitrogen and oxygen atoms in total. The van der Waals surface area contributed by atoms with E-state index >= 15 is 0 Å². The number of allylic oxidation sites excluding steroid dienone is 2. The van der Waals surface area contributed by atoms with Crippen LogP contribution < -0.4 is 0 Å². The van der Waals surface area contributed by atoms with Crippen molar-refractivity contribution in [3.63, 3.8) is 0 Å². The molecule has 1 aliphatic rings. The summed E-state index contributed by atoms with van der Waals surface area (Å²) < 4.78 is 5.35. The number of nitrogens with zero attached hydrogens (tertiary/aromatic N) is 1. The minimum Gasteiger partial charge on any atom is -0.512 e. The van der Waals surface area contributed by atoms with Crippen LogP contribution in [-0.2, 0) is 9.53 Å². The second-order valence-electron chi connectivity index (χ2n) is 7.91. The number of esters is 1. The summed E-state index contributed by atoms with van der Waals surface area (Å²) in [5.41, 5.74) is 1.38. The van der Waals surface area contributed by atoms with Crippen LogP contribution in [0, 0.1) is 0 Å². The number of carbonyl (C=O) groups excluding carboxylic acids is 2. The Hall–Kier alpha value is -2.43. The van der Waals surface area contributed by atoms with Crippen molar-refractivity contribution in [3.8, 4) is 0 Å². The number of aliphatic imine (C=N–C) groups is 1. The molecule has 2 rings (SSSR count). The Morgan fingerprint density at radius 3 is 2.27 bits per heavy atom. The Kier molecular flexibility index (Phi) is 10.9. The van der Waals surface area contributed by atoms with Gasteiger partial charge in [-0.3, -0.25) is 9.79 Å². The number of benzene rings is 1. The quantitative estimate of drug-likeness (QED) is 0.223. The SMILES string of the molecule is CCCCCCCCCCCOC(=O)c1ccc(N=CC2=C(O)CCCC2=O)cc1. The summed E-state index contributed by atoms with van der Waals surface area (Å²) in [6.45, 7) is 2.68. The van der Waals surface area contributed by atoms with Gasteiger partial charge in [0.15, 0.2) is 5.78 Å². The van der Waals surface area contributed by atoms with Gasteiger partial charge in [-0.1, -0.05) is 58.3 Å². The Balaban J connectivity index is 1.66. The van der Waals surface area contributed by atoms with Crippen LogP contribution in [0.4, 0.5) is 5.69 Å². The highest BCUT2D eigenvalue weighted by molar-refractivity contribution is 6.14. The Labute approximate surface area is 180 Å². The maximum atomic E-state index is 12.1. The summed E-state index contributed by atoms with van der Waals surface area (Å²) in [5.74, 6) is -0.307. The highest BCUT2D eigenvalue weighted by atomic mass is 16.5. The molecule has 0 aliphatic heterocycles. The van der Waals surface area contributed by atoms with E-state index in [0.717, 1.165) is 12.8 Å². The van der Waals surface area contributed by atoms with Gasteiger partial charge in [-0.2, -0.15) is 0 Å². The monoisotopic (exact) mass is 413 g/mol. The summed E-state index contributed by atoms with van der Waals surface area (Å²) in [6.07, 6.45) is 14.1. The molecule has 30 heavy (non-hydrogen) atoms. The lowest BCUT2D eigenvalue weighted by atomic mass is 9.97. The van der Waals surface area contributed by atoms with Crippen LogP contribution in [0.1, 0.15) is 94.3 Å². The number of hydrogen-bond donors (Lipinski definition) is 1. The standard InChI is InChI=1S/C25H35NO4/c1-2-3-4-5-6-7-8-9-10-18-30-25(29)20-14-16-21(17-15-20)26-19-22-23(27)12-11-13-24(22)28/h14-17,19,27H,2-13,18H2,1H3. The molecular formula is C25H35NO4. The van der Waals surface area contributed by atoms with Crippen molar-refractivity contribution in [3.05, 3.63) is 41.2 Å². The van der Waals surface area contributed by atoms with E-state index in [4.69, 9.17) is 4.74 Å². The third-order valence-corrected chi connectivity index (χ3v) is 5.36. The average Bonchev–Trinajstić information content (AvgIpc) is 2.75. The van der Waals surface area contributed by atoms with Gasteiger partial charge in [0.05, 0.1) is 23.4 Å². The summed E-state index contributed by atoms with van der Waals surface area (Å²) in [5, 5.41) is 9.83. The third kappa shape index (κ3) is 8.52. The number of aliphatic hydroxyl groups is 1. The summed E-state index contributed by atoms with van der Waals surface area (Å²) in [6, 6.07) is 6.75.